The third kappa shape index (κ3) is 4.97. The van der Waals surface area contributed by atoms with Crippen LogP contribution >= 0.6 is 23.2 Å². The fourth-order valence-electron chi connectivity index (χ4n) is 2.23. The van der Waals surface area contributed by atoms with E-state index in [-0.39, 0.29) is 23.0 Å². The highest BCUT2D eigenvalue weighted by Gasteiger charge is 2.18. The van der Waals surface area contributed by atoms with Gasteiger partial charge < -0.3 is 15.0 Å². The van der Waals surface area contributed by atoms with Crippen LogP contribution in [-0.2, 0) is 14.3 Å². The Hall–Kier alpha value is -2.57. The number of esters is 1. The molecule has 0 aromatic heterocycles. The number of nitrogens with zero attached hydrogens (tertiary/aromatic N) is 1. The Morgan fingerprint density at radius 3 is 2.46 bits per heavy atom. The molecule has 0 atom stereocenters. The Morgan fingerprint density at radius 1 is 1.12 bits per heavy atom. The molecular formula is C18H16Cl2N2O4. The second kappa shape index (κ2) is 8.69. The molecule has 136 valence electrons. The lowest BCUT2D eigenvalue weighted by Gasteiger charge is -2.21. The lowest BCUT2D eigenvalue weighted by molar-refractivity contribution is -0.120. The fourth-order valence-corrected chi connectivity index (χ4v) is 2.68. The van der Waals surface area contributed by atoms with E-state index in [1.807, 2.05) is 0 Å². The molecule has 0 aliphatic rings. The van der Waals surface area contributed by atoms with E-state index in [0.29, 0.717) is 16.4 Å². The molecule has 0 saturated heterocycles. The SMILES string of the molecule is COC(=O)c1cccc(N(CC(=O)Nc2ccc(Cl)cc2Cl)C(C)=O)c1. The maximum Gasteiger partial charge on any atom is 0.337 e. The standard InChI is InChI=1S/C18H16Cl2N2O4/c1-11(23)22(14-5-3-4-12(8-14)18(25)26-2)10-17(24)21-16-7-6-13(19)9-15(16)20/h3-9H,10H2,1-2H3,(H,21,24). The first-order valence-electron chi connectivity index (χ1n) is 7.53. The van der Waals surface area contributed by atoms with Gasteiger partial charge in [-0.25, -0.2) is 4.79 Å². The quantitative estimate of drug-likeness (QED) is 0.782. The summed E-state index contributed by atoms with van der Waals surface area (Å²) in [5.74, 6) is -1.34. The zero-order valence-corrected chi connectivity index (χ0v) is 15.6. The Bertz CT molecular complexity index is 855. The van der Waals surface area contributed by atoms with Crippen molar-refractivity contribution in [3.05, 3.63) is 58.1 Å². The van der Waals surface area contributed by atoms with E-state index in [4.69, 9.17) is 23.2 Å². The van der Waals surface area contributed by atoms with Crippen molar-refractivity contribution in [1.29, 1.82) is 0 Å². The van der Waals surface area contributed by atoms with E-state index in [2.05, 4.69) is 10.1 Å². The van der Waals surface area contributed by atoms with Crippen LogP contribution in [0.5, 0.6) is 0 Å². The highest BCUT2D eigenvalue weighted by Crippen LogP contribution is 2.25. The summed E-state index contributed by atoms with van der Waals surface area (Å²) in [4.78, 5) is 37.2. The maximum atomic E-state index is 12.3. The van der Waals surface area contributed by atoms with Gasteiger partial charge in [0.25, 0.3) is 0 Å². The summed E-state index contributed by atoms with van der Waals surface area (Å²) in [6, 6.07) is 10.9. The van der Waals surface area contributed by atoms with Crippen LogP contribution < -0.4 is 10.2 Å². The molecule has 0 aliphatic carbocycles. The molecule has 1 N–H and O–H groups in total. The summed E-state index contributed by atoms with van der Waals surface area (Å²) in [5, 5.41) is 3.35. The fraction of sp³-hybridized carbons (Fsp3) is 0.167. The molecule has 0 unspecified atom stereocenters. The molecule has 8 heteroatoms. The molecule has 0 aliphatic heterocycles. The molecular weight excluding hydrogens is 379 g/mol. The second-order valence-corrected chi connectivity index (χ2v) is 6.16. The van der Waals surface area contributed by atoms with Gasteiger partial charge in [-0.2, -0.15) is 0 Å². The maximum absolute atomic E-state index is 12.3. The number of nitrogens with one attached hydrogen (secondary N) is 1. The van der Waals surface area contributed by atoms with E-state index in [9.17, 15) is 14.4 Å². The Balaban J connectivity index is 2.19. The predicted molar refractivity (Wildman–Crippen MR) is 101 cm³/mol. The number of hydrogen-bond donors (Lipinski definition) is 1. The molecule has 0 radical (unpaired) electrons. The first kappa shape index (κ1) is 19.8. The van der Waals surface area contributed by atoms with Crippen LogP contribution in [0.3, 0.4) is 0 Å². The number of rotatable bonds is 5. The highest BCUT2D eigenvalue weighted by atomic mass is 35.5. The molecule has 6 nitrogen and oxygen atoms in total. The number of ether oxygens (including phenoxy) is 1. The van der Waals surface area contributed by atoms with Crippen molar-refractivity contribution in [3.8, 4) is 0 Å². The van der Waals surface area contributed by atoms with E-state index >= 15 is 0 Å². The monoisotopic (exact) mass is 394 g/mol. The van der Waals surface area contributed by atoms with Crippen LogP contribution in [0, 0.1) is 0 Å². The first-order chi connectivity index (χ1) is 12.3. The Labute approximate surface area is 160 Å². The van der Waals surface area contributed by atoms with Gasteiger partial charge in [-0.05, 0) is 36.4 Å². The molecule has 0 fully saturated rings. The van der Waals surface area contributed by atoms with Crippen molar-refractivity contribution in [3.63, 3.8) is 0 Å². The van der Waals surface area contributed by atoms with Crippen LogP contribution in [0.1, 0.15) is 17.3 Å². The van der Waals surface area contributed by atoms with Crippen molar-refractivity contribution in [2.75, 3.05) is 23.9 Å². The van der Waals surface area contributed by atoms with Crippen molar-refractivity contribution >= 4 is 52.4 Å². The lowest BCUT2D eigenvalue weighted by Crippen LogP contribution is -2.36. The van der Waals surface area contributed by atoms with E-state index in [0.717, 1.165) is 0 Å². The Morgan fingerprint density at radius 2 is 1.85 bits per heavy atom. The third-order valence-electron chi connectivity index (χ3n) is 3.47. The van der Waals surface area contributed by atoms with E-state index < -0.39 is 11.9 Å². The van der Waals surface area contributed by atoms with Crippen LogP contribution in [0.15, 0.2) is 42.5 Å². The van der Waals surface area contributed by atoms with Gasteiger partial charge in [-0.3, -0.25) is 9.59 Å². The van der Waals surface area contributed by atoms with Gasteiger partial charge in [0.05, 0.1) is 23.4 Å². The molecule has 26 heavy (non-hydrogen) atoms. The minimum atomic E-state index is -0.534. The summed E-state index contributed by atoms with van der Waals surface area (Å²) in [7, 11) is 1.26. The summed E-state index contributed by atoms with van der Waals surface area (Å²) in [5.41, 5.74) is 1.06. The van der Waals surface area contributed by atoms with Gasteiger partial charge in [0.2, 0.25) is 11.8 Å². The van der Waals surface area contributed by atoms with Crippen LogP contribution in [0.4, 0.5) is 11.4 Å². The number of anilines is 2. The van der Waals surface area contributed by atoms with Crippen molar-refractivity contribution in [2.24, 2.45) is 0 Å². The lowest BCUT2D eigenvalue weighted by atomic mass is 10.2. The predicted octanol–water partition coefficient (Wildman–Crippen LogP) is 3.77. The summed E-state index contributed by atoms with van der Waals surface area (Å²) < 4.78 is 4.67. The number of carbonyl (C=O) groups excluding carboxylic acids is 3. The van der Waals surface area contributed by atoms with Gasteiger partial charge >= 0.3 is 5.97 Å². The third-order valence-corrected chi connectivity index (χ3v) is 4.01. The summed E-state index contributed by atoms with van der Waals surface area (Å²) in [6.07, 6.45) is 0. The average molecular weight is 395 g/mol. The summed E-state index contributed by atoms with van der Waals surface area (Å²) >= 11 is 11.9. The smallest absolute Gasteiger partial charge is 0.337 e. The molecule has 0 saturated carbocycles. The van der Waals surface area contributed by atoms with Gasteiger partial charge in [-0.1, -0.05) is 29.3 Å². The first-order valence-corrected chi connectivity index (χ1v) is 8.29. The van der Waals surface area contributed by atoms with Crippen molar-refractivity contribution < 1.29 is 19.1 Å². The minimum Gasteiger partial charge on any atom is -0.465 e. The van der Waals surface area contributed by atoms with Crippen LogP contribution in [0.25, 0.3) is 0 Å². The van der Waals surface area contributed by atoms with Crippen LogP contribution in [0.2, 0.25) is 10.0 Å². The molecule has 0 spiro atoms. The van der Waals surface area contributed by atoms with Gasteiger partial charge in [0.15, 0.2) is 0 Å². The summed E-state index contributed by atoms with van der Waals surface area (Å²) in [6.45, 7) is 1.08. The molecule has 0 bridgehead atoms. The normalized spacial score (nSPS) is 10.2. The van der Waals surface area contributed by atoms with Crippen molar-refractivity contribution in [1.82, 2.24) is 0 Å². The van der Waals surface area contributed by atoms with Gasteiger partial charge in [0.1, 0.15) is 6.54 Å². The molecule has 2 aromatic carbocycles. The number of benzene rings is 2. The molecule has 2 aromatic rings. The number of hydrogen-bond acceptors (Lipinski definition) is 4. The number of methoxy groups -OCH3 is 1. The Kier molecular flexibility index (Phi) is 6.60. The molecule has 2 amide bonds. The number of halogens is 2. The van der Waals surface area contributed by atoms with Gasteiger partial charge in [0, 0.05) is 17.6 Å². The van der Waals surface area contributed by atoms with E-state index in [1.54, 1.807) is 30.3 Å². The second-order valence-electron chi connectivity index (χ2n) is 5.32. The zero-order chi connectivity index (χ0) is 19.3. The van der Waals surface area contributed by atoms with E-state index in [1.165, 1.54) is 31.1 Å². The largest absolute Gasteiger partial charge is 0.465 e. The van der Waals surface area contributed by atoms with Crippen molar-refractivity contribution in [2.45, 2.75) is 6.92 Å². The minimum absolute atomic E-state index is 0.251. The molecule has 0 heterocycles. The van der Waals surface area contributed by atoms with Crippen LogP contribution in [-0.4, -0.2) is 31.4 Å². The topological polar surface area (TPSA) is 75.7 Å². The number of amides is 2. The zero-order valence-electron chi connectivity index (χ0n) is 14.1. The van der Waals surface area contributed by atoms with Gasteiger partial charge in [-0.15, -0.1) is 0 Å². The average Bonchev–Trinajstić information content (AvgIpc) is 2.61. The molecule has 2 rings (SSSR count). The highest BCUT2D eigenvalue weighted by molar-refractivity contribution is 6.36. The number of carbonyl (C=O) groups is 3.